The first-order valence-corrected chi connectivity index (χ1v) is 3.32. The fraction of sp³-hybridized carbons (Fsp3) is 0.833. The Morgan fingerprint density at radius 2 is 2.55 bits per heavy atom. The largest absolute Gasteiger partial charge is 0.467 e. The molecule has 1 rings (SSSR count). The smallest absolute Gasteiger partial charge is 0.339 e. The molecule has 0 bridgehead atoms. The third-order valence-corrected chi connectivity index (χ3v) is 1.44. The van der Waals surface area contributed by atoms with Crippen LogP contribution in [-0.2, 0) is 14.3 Å². The lowest BCUT2D eigenvalue weighted by molar-refractivity contribution is -0.163. The van der Waals surface area contributed by atoms with Crippen LogP contribution < -0.4 is 5.32 Å². The van der Waals surface area contributed by atoms with Crippen LogP contribution in [0.2, 0.25) is 0 Å². The number of carbonyl (C=O) groups excluding carboxylic acids is 1. The molecule has 1 saturated heterocycles. The lowest BCUT2D eigenvalue weighted by Crippen LogP contribution is -2.49. The number of hydrogen-bond acceptors (Lipinski definition) is 4. The van der Waals surface area contributed by atoms with Crippen molar-refractivity contribution in [1.29, 1.82) is 0 Å². The quantitative estimate of drug-likeness (QED) is 0.416. The molecule has 0 aliphatic carbocycles. The minimum Gasteiger partial charge on any atom is -0.467 e. The zero-order valence-electron chi connectivity index (χ0n) is 6.17. The highest BCUT2D eigenvalue weighted by Crippen LogP contribution is 2.06. The molecular formula is C6H10FNO3. The molecular weight excluding hydrogens is 153 g/mol. The van der Waals surface area contributed by atoms with Gasteiger partial charge in [-0.2, -0.15) is 0 Å². The predicted molar refractivity (Wildman–Crippen MR) is 34.7 cm³/mol. The van der Waals surface area contributed by atoms with Gasteiger partial charge in [0.2, 0.25) is 0 Å². The molecule has 2 atom stereocenters. The number of hydrogen-bond donors (Lipinski definition) is 1. The predicted octanol–water partition coefficient (Wildman–Crippen LogP) is -0.557. The van der Waals surface area contributed by atoms with Gasteiger partial charge >= 0.3 is 5.97 Å². The van der Waals surface area contributed by atoms with Crippen LogP contribution in [0.3, 0.4) is 0 Å². The summed E-state index contributed by atoms with van der Waals surface area (Å²) in [6.45, 7) is 0.759. The first-order chi connectivity index (χ1) is 5.25. The minimum atomic E-state index is -1.45. The molecule has 1 fully saturated rings. The van der Waals surface area contributed by atoms with E-state index < -0.39 is 18.4 Å². The molecule has 5 heteroatoms. The molecule has 0 radical (unpaired) electrons. The fourth-order valence-corrected chi connectivity index (χ4v) is 0.878. The number of halogens is 1. The molecule has 1 aliphatic rings. The molecule has 11 heavy (non-hydrogen) atoms. The molecule has 0 spiro atoms. The van der Waals surface area contributed by atoms with E-state index in [1.165, 1.54) is 7.11 Å². The molecule has 0 amide bonds. The Hall–Kier alpha value is -0.680. The summed E-state index contributed by atoms with van der Waals surface area (Å²) >= 11 is 0. The summed E-state index contributed by atoms with van der Waals surface area (Å²) < 4.78 is 21.9. The van der Waals surface area contributed by atoms with Crippen molar-refractivity contribution in [1.82, 2.24) is 5.32 Å². The van der Waals surface area contributed by atoms with Crippen LogP contribution >= 0.6 is 0 Å². The number of carbonyl (C=O) groups is 1. The number of methoxy groups -OCH3 is 1. The van der Waals surface area contributed by atoms with Crippen molar-refractivity contribution in [2.45, 2.75) is 12.4 Å². The van der Waals surface area contributed by atoms with Gasteiger partial charge in [0.25, 0.3) is 0 Å². The Morgan fingerprint density at radius 3 is 3.09 bits per heavy atom. The number of rotatable bonds is 1. The van der Waals surface area contributed by atoms with Crippen molar-refractivity contribution in [3.05, 3.63) is 0 Å². The minimum absolute atomic E-state index is 0.334. The van der Waals surface area contributed by atoms with Gasteiger partial charge in [-0.25, -0.2) is 9.18 Å². The first kappa shape index (κ1) is 8.42. The average Bonchev–Trinajstić information content (AvgIpc) is 2.04. The van der Waals surface area contributed by atoms with E-state index in [0.717, 1.165) is 0 Å². The van der Waals surface area contributed by atoms with Gasteiger partial charge in [-0.05, 0) is 0 Å². The maximum atomic E-state index is 12.7. The maximum Gasteiger partial charge on any atom is 0.339 e. The molecule has 1 N–H and O–H groups in total. The van der Waals surface area contributed by atoms with E-state index in [9.17, 15) is 9.18 Å². The number of esters is 1. The third kappa shape index (κ3) is 1.87. The second-order valence-corrected chi connectivity index (χ2v) is 2.17. The van der Waals surface area contributed by atoms with Crippen LogP contribution in [0.5, 0.6) is 0 Å². The Labute approximate surface area is 63.7 Å². The summed E-state index contributed by atoms with van der Waals surface area (Å²) in [5.41, 5.74) is 0. The topological polar surface area (TPSA) is 47.6 Å². The van der Waals surface area contributed by atoms with Crippen LogP contribution in [0.4, 0.5) is 4.39 Å². The summed E-state index contributed by atoms with van der Waals surface area (Å²) in [4.78, 5) is 10.8. The molecule has 1 heterocycles. The van der Waals surface area contributed by atoms with Crippen molar-refractivity contribution < 1.29 is 18.7 Å². The highest BCUT2D eigenvalue weighted by atomic mass is 19.1. The summed E-state index contributed by atoms with van der Waals surface area (Å²) in [5.74, 6) is -0.676. The van der Waals surface area contributed by atoms with Crippen molar-refractivity contribution in [2.75, 3.05) is 20.3 Å². The van der Waals surface area contributed by atoms with Gasteiger partial charge < -0.3 is 9.47 Å². The standard InChI is InChI=1S/C6H10FNO3/c1-10-6(9)4-5(7)8-2-3-11-4/h4-5,8H,2-3H2,1H3. The number of alkyl halides is 1. The molecule has 1 aliphatic heterocycles. The number of ether oxygens (including phenoxy) is 2. The van der Waals surface area contributed by atoms with Crippen LogP contribution in [0.25, 0.3) is 0 Å². The van der Waals surface area contributed by atoms with Crippen molar-refractivity contribution in [3.63, 3.8) is 0 Å². The van der Waals surface area contributed by atoms with E-state index in [1.807, 2.05) is 0 Å². The highest BCUT2D eigenvalue weighted by molar-refractivity contribution is 5.75. The van der Waals surface area contributed by atoms with E-state index in [1.54, 1.807) is 0 Å². The van der Waals surface area contributed by atoms with Gasteiger partial charge in [-0.15, -0.1) is 0 Å². The molecule has 0 saturated carbocycles. The van der Waals surface area contributed by atoms with Crippen molar-refractivity contribution in [2.24, 2.45) is 0 Å². The number of nitrogens with one attached hydrogen (secondary N) is 1. The summed E-state index contributed by atoms with van der Waals surface area (Å²) in [5, 5.41) is 2.45. The normalized spacial score (nSPS) is 31.5. The van der Waals surface area contributed by atoms with Crippen molar-refractivity contribution in [3.8, 4) is 0 Å². The maximum absolute atomic E-state index is 12.7. The van der Waals surface area contributed by atoms with E-state index in [2.05, 4.69) is 10.1 Å². The zero-order valence-corrected chi connectivity index (χ0v) is 6.17. The number of morpholine rings is 1. The summed E-state index contributed by atoms with van der Waals surface area (Å²) in [6, 6.07) is 0. The van der Waals surface area contributed by atoms with Gasteiger partial charge in [0.1, 0.15) is 0 Å². The summed E-state index contributed by atoms with van der Waals surface area (Å²) in [7, 11) is 1.20. The van der Waals surface area contributed by atoms with E-state index in [-0.39, 0.29) is 0 Å². The van der Waals surface area contributed by atoms with Gasteiger partial charge in [-0.3, -0.25) is 5.32 Å². The van der Waals surface area contributed by atoms with Gasteiger partial charge in [0, 0.05) is 6.54 Å². The van der Waals surface area contributed by atoms with Crippen LogP contribution in [0.15, 0.2) is 0 Å². The van der Waals surface area contributed by atoms with Crippen molar-refractivity contribution >= 4 is 5.97 Å². The van der Waals surface area contributed by atoms with Crippen LogP contribution in [-0.4, -0.2) is 38.6 Å². The lowest BCUT2D eigenvalue weighted by Gasteiger charge is -2.24. The third-order valence-electron chi connectivity index (χ3n) is 1.44. The van der Waals surface area contributed by atoms with Crippen LogP contribution in [0, 0.1) is 0 Å². The van der Waals surface area contributed by atoms with E-state index in [0.29, 0.717) is 13.2 Å². The average molecular weight is 163 g/mol. The second-order valence-electron chi connectivity index (χ2n) is 2.17. The van der Waals surface area contributed by atoms with Gasteiger partial charge in [0.05, 0.1) is 13.7 Å². The van der Waals surface area contributed by atoms with E-state index >= 15 is 0 Å². The Bertz CT molecular complexity index is 153. The SMILES string of the molecule is COC(=O)C1OCCNC1F. The second kappa shape index (κ2) is 3.64. The monoisotopic (exact) mass is 163 g/mol. The molecule has 0 aromatic carbocycles. The highest BCUT2D eigenvalue weighted by Gasteiger charge is 2.32. The lowest BCUT2D eigenvalue weighted by atomic mass is 10.3. The zero-order chi connectivity index (χ0) is 8.27. The molecule has 0 aromatic heterocycles. The Morgan fingerprint density at radius 1 is 1.82 bits per heavy atom. The fourth-order valence-electron chi connectivity index (χ4n) is 0.878. The van der Waals surface area contributed by atoms with Crippen LogP contribution in [0.1, 0.15) is 0 Å². The first-order valence-electron chi connectivity index (χ1n) is 3.32. The molecule has 4 nitrogen and oxygen atoms in total. The van der Waals surface area contributed by atoms with Gasteiger partial charge in [0.15, 0.2) is 12.4 Å². The molecule has 2 unspecified atom stereocenters. The Kier molecular flexibility index (Phi) is 2.78. The van der Waals surface area contributed by atoms with E-state index in [4.69, 9.17) is 4.74 Å². The molecule has 64 valence electrons. The Balaban J connectivity index is 2.47. The van der Waals surface area contributed by atoms with Gasteiger partial charge in [-0.1, -0.05) is 0 Å². The summed E-state index contributed by atoms with van der Waals surface area (Å²) in [6.07, 6.45) is -2.55. The molecule has 0 aromatic rings.